The molecule has 2 aliphatic carbocycles. The van der Waals surface area contributed by atoms with E-state index < -0.39 is 36.3 Å². The van der Waals surface area contributed by atoms with Crippen molar-refractivity contribution < 1.29 is 42.1 Å². The third kappa shape index (κ3) is 5.19. The van der Waals surface area contributed by atoms with Crippen molar-refractivity contribution in [1.29, 1.82) is 0 Å². The highest BCUT2D eigenvalue weighted by Crippen LogP contribution is 2.43. The van der Waals surface area contributed by atoms with Gasteiger partial charge in [0.25, 0.3) is 0 Å². The number of aromatic nitrogens is 1. The summed E-state index contributed by atoms with van der Waals surface area (Å²) in [5.41, 5.74) is -1.98. The lowest BCUT2D eigenvalue weighted by atomic mass is 9.83. The molecule has 1 N–H and O–H groups in total. The maximum atomic E-state index is 13.2. The average Bonchev–Trinajstić information content (AvgIpc) is 3.21. The number of aliphatic hydroxyl groups is 1. The van der Waals surface area contributed by atoms with Crippen molar-refractivity contribution in [3.05, 3.63) is 40.4 Å². The van der Waals surface area contributed by atoms with Gasteiger partial charge in [0.2, 0.25) is 5.78 Å². The first-order chi connectivity index (χ1) is 15.2. The molecule has 3 rings (SSSR count). The van der Waals surface area contributed by atoms with Gasteiger partial charge in [-0.2, -0.15) is 13.2 Å². The molecule has 0 aliphatic heterocycles. The number of alkyl halides is 3. The summed E-state index contributed by atoms with van der Waals surface area (Å²) in [6.07, 6.45) is -2.87. The van der Waals surface area contributed by atoms with Gasteiger partial charge in [-0.25, -0.2) is 4.98 Å². The monoisotopic (exact) mass is 457 g/mol. The second kappa shape index (κ2) is 10.1. The predicted molar refractivity (Wildman–Crippen MR) is 106 cm³/mol. The Morgan fingerprint density at radius 2 is 1.97 bits per heavy atom. The van der Waals surface area contributed by atoms with Gasteiger partial charge >= 0.3 is 6.18 Å². The summed E-state index contributed by atoms with van der Waals surface area (Å²) in [5, 5.41) is 10.5. The number of ketones is 2. The highest BCUT2D eigenvalue weighted by Gasteiger charge is 2.44. The van der Waals surface area contributed by atoms with E-state index in [4.69, 9.17) is 14.2 Å². The van der Waals surface area contributed by atoms with Crippen molar-refractivity contribution in [2.75, 3.05) is 20.3 Å². The molecule has 1 fully saturated rings. The fourth-order valence-corrected chi connectivity index (χ4v) is 4.10. The molecule has 0 radical (unpaired) electrons. The minimum atomic E-state index is -4.71. The number of aliphatic hydroxyl groups excluding tert-OH is 1. The number of carbonyl (C=O) groups excluding carboxylic acids is 2. The highest BCUT2D eigenvalue weighted by molar-refractivity contribution is 6.28. The van der Waals surface area contributed by atoms with Crippen molar-refractivity contribution in [2.24, 2.45) is 11.8 Å². The third-order valence-electron chi connectivity index (χ3n) is 5.80. The molecule has 7 nitrogen and oxygen atoms in total. The first kappa shape index (κ1) is 24.3. The van der Waals surface area contributed by atoms with Crippen LogP contribution in [0.3, 0.4) is 0 Å². The number of hydrogen-bond donors (Lipinski definition) is 1. The molecule has 2 bridgehead atoms. The Bertz CT molecular complexity index is 894. The van der Waals surface area contributed by atoms with Crippen LogP contribution in [0.1, 0.15) is 54.4 Å². The molecule has 32 heavy (non-hydrogen) atoms. The number of methoxy groups -OCH3 is 1. The van der Waals surface area contributed by atoms with E-state index in [0.717, 1.165) is 6.07 Å². The van der Waals surface area contributed by atoms with E-state index in [1.165, 1.54) is 7.11 Å². The van der Waals surface area contributed by atoms with Gasteiger partial charge in [0, 0.05) is 24.5 Å². The van der Waals surface area contributed by atoms with Crippen LogP contribution in [0.15, 0.2) is 23.5 Å². The second-order valence-electron chi connectivity index (χ2n) is 7.85. The molecular formula is C22H26F3NO6. The fourth-order valence-electron chi connectivity index (χ4n) is 4.10. The maximum absolute atomic E-state index is 13.2. The van der Waals surface area contributed by atoms with Crippen LogP contribution in [0.5, 0.6) is 0 Å². The zero-order valence-electron chi connectivity index (χ0n) is 17.9. The number of pyridine rings is 1. The molecule has 10 heteroatoms. The molecule has 0 amide bonds. The summed E-state index contributed by atoms with van der Waals surface area (Å²) in [5.74, 6) is -2.19. The molecule has 2 aliphatic rings. The molecule has 1 heterocycles. The molecule has 1 saturated carbocycles. The van der Waals surface area contributed by atoms with Crippen LogP contribution < -0.4 is 0 Å². The number of allylic oxidation sites excluding steroid dienone is 2. The number of rotatable bonds is 10. The van der Waals surface area contributed by atoms with Gasteiger partial charge < -0.3 is 19.3 Å². The molecular weight excluding hydrogens is 431 g/mol. The molecule has 176 valence electrons. The minimum Gasteiger partial charge on any atom is -0.511 e. The number of carbonyl (C=O) groups is 2. The van der Waals surface area contributed by atoms with Gasteiger partial charge in [0.05, 0.1) is 25.5 Å². The Kier molecular flexibility index (Phi) is 7.68. The summed E-state index contributed by atoms with van der Waals surface area (Å²) < 4.78 is 55.4. The van der Waals surface area contributed by atoms with Gasteiger partial charge in [0.1, 0.15) is 17.0 Å². The number of Topliss-reactive ketones (excluding diaryl/α,β-unsaturated/α-hetero) is 2. The zero-order valence-corrected chi connectivity index (χ0v) is 17.9. The van der Waals surface area contributed by atoms with Gasteiger partial charge in [-0.3, -0.25) is 9.59 Å². The van der Waals surface area contributed by atoms with Crippen LogP contribution in [0.2, 0.25) is 0 Å². The lowest BCUT2D eigenvalue weighted by molar-refractivity contribution is -0.141. The van der Waals surface area contributed by atoms with Crippen LogP contribution in [0.25, 0.3) is 0 Å². The quantitative estimate of drug-likeness (QED) is 0.246. The Hall–Kier alpha value is -2.30. The minimum absolute atomic E-state index is 0.0302. The second-order valence-corrected chi connectivity index (χ2v) is 7.85. The van der Waals surface area contributed by atoms with Crippen LogP contribution in [0.4, 0.5) is 13.2 Å². The number of ether oxygens (including phenoxy) is 3. The normalized spacial score (nSPS) is 21.8. The number of fused-ring (bicyclic) bond motifs is 2. The first-order valence-corrected chi connectivity index (χ1v) is 10.5. The number of halogens is 3. The Balaban J connectivity index is 1.81. The van der Waals surface area contributed by atoms with Crippen molar-refractivity contribution in [3.8, 4) is 0 Å². The van der Waals surface area contributed by atoms with Crippen molar-refractivity contribution in [2.45, 2.75) is 51.7 Å². The third-order valence-corrected chi connectivity index (χ3v) is 5.80. The van der Waals surface area contributed by atoms with Gasteiger partial charge in [-0.15, -0.1) is 0 Å². The van der Waals surface area contributed by atoms with E-state index in [-0.39, 0.29) is 47.6 Å². The lowest BCUT2D eigenvalue weighted by Crippen LogP contribution is -2.28. The standard InChI is InChI=1S/C22H26F3NO6/c1-3-17(30-2)32-9-8-31-11-15-14(6-7-16(26-15)22(23,24)25)21(29)18-19(27)12-4-5-13(10-12)20(18)28/h6-7,12-13,17,27H,3-5,8-11H2,1-2H3. The van der Waals surface area contributed by atoms with Crippen LogP contribution >= 0.6 is 0 Å². The average molecular weight is 457 g/mol. The van der Waals surface area contributed by atoms with E-state index in [0.29, 0.717) is 31.7 Å². The van der Waals surface area contributed by atoms with Crippen molar-refractivity contribution in [1.82, 2.24) is 4.98 Å². The Morgan fingerprint density at radius 1 is 1.25 bits per heavy atom. The number of hydrogen-bond acceptors (Lipinski definition) is 7. The molecule has 3 atom stereocenters. The molecule has 1 aromatic rings. The smallest absolute Gasteiger partial charge is 0.433 e. The summed E-state index contributed by atoms with van der Waals surface area (Å²) in [7, 11) is 1.49. The largest absolute Gasteiger partial charge is 0.511 e. The molecule has 1 aromatic heterocycles. The number of nitrogens with zero attached hydrogens (tertiary/aromatic N) is 1. The summed E-state index contributed by atoms with van der Waals surface area (Å²) in [4.78, 5) is 29.4. The molecule has 0 aromatic carbocycles. The Labute approximate surface area is 183 Å². The molecule has 0 spiro atoms. The lowest BCUT2D eigenvalue weighted by Gasteiger charge is -2.21. The van der Waals surface area contributed by atoms with E-state index in [9.17, 15) is 27.9 Å². The van der Waals surface area contributed by atoms with Gasteiger partial charge in [-0.1, -0.05) is 6.92 Å². The summed E-state index contributed by atoms with van der Waals surface area (Å²) in [6.45, 7) is 1.63. The Morgan fingerprint density at radius 3 is 2.62 bits per heavy atom. The first-order valence-electron chi connectivity index (χ1n) is 10.5. The SMILES string of the molecule is CCC(OC)OCCOCc1nc(C(F)(F)F)ccc1C(=O)C1=C(O)C2CCC(C2)C1=O. The fraction of sp³-hybridized carbons (Fsp3) is 0.591. The van der Waals surface area contributed by atoms with Crippen LogP contribution in [-0.2, 0) is 31.8 Å². The van der Waals surface area contributed by atoms with E-state index >= 15 is 0 Å². The summed E-state index contributed by atoms with van der Waals surface area (Å²) >= 11 is 0. The maximum Gasteiger partial charge on any atom is 0.433 e. The molecule has 0 saturated heterocycles. The zero-order chi connectivity index (χ0) is 23.5. The topological polar surface area (TPSA) is 94.9 Å². The van der Waals surface area contributed by atoms with E-state index in [2.05, 4.69) is 4.98 Å². The van der Waals surface area contributed by atoms with Crippen molar-refractivity contribution in [3.63, 3.8) is 0 Å². The summed E-state index contributed by atoms with van der Waals surface area (Å²) in [6, 6.07) is 1.67. The van der Waals surface area contributed by atoms with Crippen molar-refractivity contribution >= 4 is 11.6 Å². The molecule has 3 unspecified atom stereocenters. The van der Waals surface area contributed by atoms with Gasteiger partial charge in [0.15, 0.2) is 12.1 Å². The predicted octanol–water partition coefficient (Wildman–Crippen LogP) is 4.01. The highest BCUT2D eigenvalue weighted by atomic mass is 19.4. The van der Waals surface area contributed by atoms with Crippen LogP contribution in [0, 0.1) is 11.8 Å². The van der Waals surface area contributed by atoms with Crippen LogP contribution in [-0.4, -0.2) is 48.3 Å². The van der Waals surface area contributed by atoms with E-state index in [1.807, 2.05) is 6.92 Å². The van der Waals surface area contributed by atoms with E-state index in [1.54, 1.807) is 0 Å². The van der Waals surface area contributed by atoms with Gasteiger partial charge in [-0.05, 0) is 37.8 Å².